The first-order chi connectivity index (χ1) is 17.9. The highest BCUT2D eigenvalue weighted by molar-refractivity contribution is 7.92. The Morgan fingerprint density at radius 3 is 2.16 bits per heavy atom. The summed E-state index contributed by atoms with van der Waals surface area (Å²) in [5, 5.41) is 14.1. The van der Waals surface area contributed by atoms with E-state index in [1.165, 1.54) is 12.1 Å². The number of amides is 1. The van der Waals surface area contributed by atoms with Crippen LogP contribution in [-0.4, -0.2) is 30.6 Å². The highest BCUT2D eigenvalue weighted by Crippen LogP contribution is 2.33. The van der Waals surface area contributed by atoms with Crippen molar-refractivity contribution < 1.29 is 18.3 Å². The molecule has 0 saturated carbocycles. The molecule has 8 nitrogen and oxygen atoms in total. The molecule has 1 aromatic heterocycles. The van der Waals surface area contributed by atoms with E-state index in [2.05, 4.69) is 15.0 Å². The second-order valence-corrected chi connectivity index (χ2v) is 9.85. The van der Waals surface area contributed by atoms with Gasteiger partial charge in [0.2, 0.25) is 6.41 Å². The molecule has 4 N–H and O–H groups in total. The normalized spacial score (nSPS) is 11.8. The number of carbonyl (C=O) groups is 1. The average Bonchev–Trinajstić information content (AvgIpc) is 3.24. The molecule has 184 valence electrons. The number of fused-ring (bicyclic) bond motifs is 1. The van der Waals surface area contributed by atoms with Crippen LogP contribution in [0.1, 0.15) is 11.1 Å². The third-order valence-electron chi connectivity index (χ3n) is 5.70. The van der Waals surface area contributed by atoms with E-state index >= 15 is 0 Å². The van der Waals surface area contributed by atoms with Gasteiger partial charge in [0.25, 0.3) is 10.0 Å². The molecule has 0 saturated heterocycles. The zero-order valence-electron chi connectivity index (χ0n) is 19.4. The van der Waals surface area contributed by atoms with Crippen LogP contribution in [0.2, 0.25) is 0 Å². The molecule has 5 aromatic rings. The lowest BCUT2D eigenvalue weighted by Crippen LogP contribution is -2.12. The van der Waals surface area contributed by atoms with Gasteiger partial charge < -0.3 is 15.4 Å². The Morgan fingerprint density at radius 2 is 1.49 bits per heavy atom. The maximum atomic E-state index is 12.9. The zero-order valence-corrected chi connectivity index (χ0v) is 20.2. The van der Waals surface area contributed by atoms with Crippen molar-refractivity contribution in [1.82, 2.24) is 4.98 Å². The fraction of sp³-hybridized carbons (Fsp3) is 0. The molecule has 0 fully saturated rings. The fourth-order valence-electron chi connectivity index (χ4n) is 3.98. The van der Waals surface area contributed by atoms with E-state index in [1.807, 2.05) is 30.3 Å². The van der Waals surface area contributed by atoms with E-state index in [1.54, 1.807) is 60.7 Å². The zero-order chi connectivity index (χ0) is 25.8. The lowest BCUT2D eigenvalue weighted by molar-refractivity contribution is -0.105. The van der Waals surface area contributed by atoms with Crippen molar-refractivity contribution in [3.63, 3.8) is 0 Å². The number of anilines is 2. The summed E-state index contributed by atoms with van der Waals surface area (Å²) in [5.74, 6) is -0.0973. The first kappa shape index (κ1) is 23.8. The average molecular weight is 511 g/mol. The maximum absolute atomic E-state index is 12.9. The third-order valence-corrected chi connectivity index (χ3v) is 7.10. The molecule has 0 aliphatic heterocycles. The molecule has 37 heavy (non-hydrogen) atoms. The van der Waals surface area contributed by atoms with Crippen molar-refractivity contribution in [2.75, 3.05) is 10.0 Å². The van der Waals surface area contributed by atoms with Gasteiger partial charge in [-0.15, -0.1) is 0 Å². The lowest BCUT2D eigenvalue weighted by Gasteiger charge is -2.10. The third kappa shape index (κ3) is 5.07. The quantitative estimate of drug-likeness (QED) is 0.165. The Kier molecular flexibility index (Phi) is 6.44. The monoisotopic (exact) mass is 510 g/mol. The predicted molar refractivity (Wildman–Crippen MR) is 145 cm³/mol. The van der Waals surface area contributed by atoms with Gasteiger partial charge in [-0.05, 0) is 54.6 Å². The van der Waals surface area contributed by atoms with Gasteiger partial charge in [0.1, 0.15) is 0 Å². The summed E-state index contributed by atoms with van der Waals surface area (Å²) in [6, 6.07) is 29.4. The Labute approximate surface area is 213 Å². The molecular weight excluding hydrogens is 488 g/mol. The minimum atomic E-state index is -3.80. The minimum Gasteiger partial charge on any atom is -0.494 e. The van der Waals surface area contributed by atoms with E-state index in [4.69, 9.17) is 4.99 Å². The van der Waals surface area contributed by atoms with E-state index in [0.29, 0.717) is 45.7 Å². The molecule has 4 aromatic carbocycles. The van der Waals surface area contributed by atoms with Crippen LogP contribution in [0.5, 0.6) is 5.88 Å². The molecule has 0 atom stereocenters. The molecule has 0 unspecified atom stereocenters. The van der Waals surface area contributed by atoms with Crippen LogP contribution in [0.3, 0.4) is 0 Å². The van der Waals surface area contributed by atoms with E-state index in [0.717, 1.165) is 5.56 Å². The second-order valence-electron chi connectivity index (χ2n) is 8.16. The first-order valence-corrected chi connectivity index (χ1v) is 12.8. The minimum absolute atomic E-state index is 0.0973. The van der Waals surface area contributed by atoms with E-state index in [9.17, 15) is 18.3 Å². The summed E-state index contributed by atoms with van der Waals surface area (Å²) in [7, 11) is -3.80. The number of rotatable bonds is 8. The smallest absolute Gasteiger partial charge is 0.261 e. The van der Waals surface area contributed by atoms with Crippen LogP contribution in [0.4, 0.5) is 17.1 Å². The van der Waals surface area contributed by atoms with Gasteiger partial charge >= 0.3 is 0 Å². The van der Waals surface area contributed by atoms with Gasteiger partial charge in [0.05, 0.1) is 21.9 Å². The number of benzene rings is 4. The van der Waals surface area contributed by atoms with E-state index in [-0.39, 0.29) is 10.8 Å². The van der Waals surface area contributed by atoms with Crippen molar-refractivity contribution in [3.8, 4) is 5.88 Å². The number of aromatic nitrogens is 1. The van der Waals surface area contributed by atoms with Gasteiger partial charge in [-0.3, -0.25) is 9.52 Å². The Bertz CT molecular complexity index is 1700. The highest BCUT2D eigenvalue weighted by Gasteiger charge is 2.20. The van der Waals surface area contributed by atoms with Gasteiger partial charge in [0.15, 0.2) is 5.88 Å². The SMILES string of the molecule is O=CNc1ccc(N=C(c2ccccc2)c2c(O)[nH]c3ccc(NS(=O)(=O)c4ccccc4)cc23)cc1. The Morgan fingerprint density at radius 1 is 0.838 bits per heavy atom. The van der Waals surface area contributed by atoms with Crippen molar-refractivity contribution in [2.24, 2.45) is 4.99 Å². The number of hydrogen-bond donors (Lipinski definition) is 4. The molecule has 1 heterocycles. The Balaban J connectivity index is 1.62. The van der Waals surface area contributed by atoms with Crippen molar-refractivity contribution in [3.05, 3.63) is 114 Å². The number of nitrogens with one attached hydrogen (secondary N) is 3. The number of aliphatic imine (C=N–C) groups is 1. The fourth-order valence-corrected chi connectivity index (χ4v) is 5.06. The van der Waals surface area contributed by atoms with Crippen LogP contribution in [0, 0.1) is 0 Å². The van der Waals surface area contributed by atoms with Crippen molar-refractivity contribution >= 4 is 50.1 Å². The number of nitrogens with zero attached hydrogens (tertiary/aromatic N) is 1. The van der Waals surface area contributed by atoms with Crippen molar-refractivity contribution in [1.29, 1.82) is 0 Å². The van der Waals surface area contributed by atoms with Gasteiger partial charge in [-0.1, -0.05) is 48.5 Å². The number of carbonyl (C=O) groups excluding carboxylic acids is 1. The van der Waals surface area contributed by atoms with Crippen LogP contribution < -0.4 is 10.0 Å². The van der Waals surface area contributed by atoms with Crippen LogP contribution in [0.15, 0.2) is 113 Å². The molecule has 9 heteroatoms. The number of sulfonamides is 1. The number of H-pyrrole nitrogens is 1. The van der Waals surface area contributed by atoms with Gasteiger partial charge in [0, 0.05) is 27.8 Å². The van der Waals surface area contributed by atoms with Gasteiger partial charge in [-0.2, -0.15) is 0 Å². The first-order valence-electron chi connectivity index (χ1n) is 11.3. The molecule has 1 amide bonds. The predicted octanol–water partition coefficient (Wildman–Crippen LogP) is 5.41. The Hall–Kier alpha value is -4.89. The topological polar surface area (TPSA) is 124 Å². The molecule has 0 spiro atoms. The summed E-state index contributed by atoms with van der Waals surface area (Å²) < 4.78 is 28.4. The molecular formula is C28H22N4O4S. The number of aromatic hydroxyl groups is 1. The largest absolute Gasteiger partial charge is 0.494 e. The summed E-state index contributed by atoms with van der Waals surface area (Å²) in [6.07, 6.45) is 0.598. The number of aromatic amines is 1. The molecule has 0 bridgehead atoms. The summed E-state index contributed by atoms with van der Waals surface area (Å²) in [5.41, 5.74) is 3.85. The standard InChI is InChI=1S/C28H22N4O4S/c33-18-29-20-11-13-21(14-12-20)30-27(19-7-3-1-4-8-19)26-24-17-22(15-16-25(24)31-28(26)34)32-37(35,36)23-9-5-2-6-10-23/h1-18,31-32,34H,(H,29,33). The second kappa shape index (κ2) is 10.00. The van der Waals surface area contributed by atoms with Crippen LogP contribution in [-0.2, 0) is 14.8 Å². The van der Waals surface area contributed by atoms with Crippen molar-refractivity contribution in [2.45, 2.75) is 4.90 Å². The highest BCUT2D eigenvalue weighted by atomic mass is 32.2. The van der Waals surface area contributed by atoms with Crippen LogP contribution >= 0.6 is 0 Å². The molecule has 0 aliphatic rings. The molecule has 5 rings (SSSR count). The summed E-state index contributed by atoms with van der Waals surface area (Å²) >= 11 is 0. The maximum Gasteiger partial charge on any atom is 0.261 e. The summed E-state index contributed by atoms with van der Waals surface area (Å²) in [6.45, 7) is 0. The molecule has 0 radical (unpaired) electrons. The molecule has 0 aliphatic carbocycles. The van der Waals surface area contributed by atoms with Crippen LogP contribution in [0.25, 0.3) is 10.9 Å². The van der Waals surface area contributed by atoms with Gasteiger partial charge in [-0.25, -0.2) is 13.4 Å². The lowest BCUT2D eigenvalue weighted by atomic mass is 10.0. The van der Waals surface area contributed by atoms with E-state index < -0.39 is 10.0 Å². The summed E-state index contributed by atoms with van der Waals surface area (Å²) in [4.78, 5) is 18.6. The number of hydrogen-bond acceptors (Lipinski definition) is 5.